The summed E-state index contributed by atoms with van der Waals surface area (Å²) in [5.41, 5.74) is 5.81. The van der Waals surface area contributed by atoms with Gasteiger partial charge in [-0.3, -0.25) is 0 Å². The predicted molar refractivity (Wildman–Crippen MR) is 64.6 cm³/mol. The number of rotatable bonds is 5. The number of nitrogens with two attached hydrogens (primary N) is 1. The van der Waals surface area contributed by atoms with Crippen LogP contribution < -0.4 is 5.73 Å². The highest BCUT2D eigenvalue weighted by Crippen LogP contribution is 2.20. The summed E-state index contributed by atoms with van der Waals surface area (Å²) in [6.07, 6.45) is 1.19. The smallest absolute Gasteiger partial charge is 0.00719 e. The molecular formula is C12H19NS. The minimum atomic E-state index is 0.311. The molecule has 1 rings (SSSR count). The van der Waals surface area contributed by atoms with Gasteiger partial charge in [0.1, 0.15) is 0 Å². The van der Waals surface area contributed by atoms with Crippen LogP contribution >= 0.6 is 11.8 Å². The molecule has 0 aliphatic carbocycles. The first-order chi connectivity index (χ1) is 6.70. The van der Waals surface area contributed by atoms with E-state index in [2.05, 4.69) is 44.2 Å². The van der Waals surface area contributed by atoms with Gasteiger partial charge in [0, 0.05) is 10.9 Å². The summed E-state index contributed by atoms with van der Waals surface area (Å²) in [6, 6.07) is 10.8. The fraction of sp³-hybridized carbons (Fsp3) is 0.500. The van der Waals surface area contributed by atoms with Gasteiger partial charge in [0.15, 0.2) is 0 Å². The molecule has 0 fully saturated rings. The van der Waals surface area contributed by atoms with Crippen molar-refractivity contribution in [3.8, 4) is 0 Å². The van der Waals surface area contributed by atoms with Crippen molar-refractivity contribution in [1.29, 1.82) is 0 Å². The third-order valence-electron chi connectivity index (χ3n) is 2.48. The molecule has 0 aromatic heterocycles. The first-order valence-corrected chi connectivity index (χ1v) is 6.12. The number of hydrogen-bond acceptors (Lipinski definition) is 2. The van der Waals surface area contributed by atoms with Crippen LogP contribution in [0, 0.1) is 5.92 Å². The Morgan fingerprint density at radius 2 is 1.86 bits per heavy atom. The van der Waals surface area contributed by atoms with Crippen LogP contribution in [0.5, 0.6) is 0 Å². The summed E-state index contributed by atoms with van der Waals surface area (Å²) in [4.78, 5) is 1.35. The maximum atomic E-state index is 5.81. The third kappa shape index (κ3) is 4.16. The molecule has 0 radical (unpaired) electrons. The molecule has 1 aromatic carbocycles. The van der Waals surface area contributed by atoms with Crippen molar-refractivity contribution in [2.45, 2.75) is 31.2 Å². The van der Waals surface area contributed by atoms with Crippen LogP contribution in [0.3, 0.4) is 0 Å². The van der Waals surface area contributed by atoms with Crippen molar-refractivity contribution in [3.05, 3.63) is 30.3 Å². The Labute approximate surface area is 91.1 Å². The Kier molecular flexibility index (Phi) is 5.05. The molecule has 0 spiro atoms. The van der Waals surface area contributed by atoms with Gasteiger partial charge >= 0.3 is 0 Å². The van der Waals surface area contributed by atoms with Gasteiger partial charge in [-0.1, -0.05) is 25.1 Å². The van der Waals surface area contributed by atoms with E-state index in [9.17, 15) is 0 Å². The summed E-state index contributed by atoms with van der Waals surface area (Å²) in [5.74, 6) is 1.78. The lowest BCUT2D eigenvalue weighted by atomic mass is 10.0. The zero-order chi connectivity index (χ0) is 10.4. The first kappa shape index (κ1) is 11.6. The maximum absolute atomic E-state index is 5.81. The van der Waals surface area contributed by atoms with Crippen molar-refractivity contribution >= 4 is 11.8 Å². The van der Waals surface area contributed by atoms with Gasteiger partial charge in [-0.25, -0.2) is 0 Å². The van der Waals surface area contributed by atoms with E-state index in [0.717, 1.165) is 5.75 Å². The summed E-state index contributed by atoms with van der Waals surface area (Å²) in [7, 11) is 0. The van der Waals surface area contributed by atoms with Crippen molar-refractivity contribution in [1.82, 2.24) is 0 Å². The highest BCUT2D eigenvalue weighted by molar-refractivity contribution is 7.99. The van der Waals surface area contributed by atoms with E-state index in [1.165, 1.54) is 11.3 Å². The summed E-state index contributed by atoms with van der Waals surface area (Å²) in [6.45, 7) is 4.30. The van der Waals surface area contributed by atoms with Gasteiger partial charge in [0.25, 0.3) is 0 Å². The van der Waals surface area contributed by atoms with E-state index in [0.29, 0.717) is 12.0 Å². The minimum absolute atomic E-state index is 0.311. The number of thioether (sulfide) groups is 1. The van der Waals surface area contributed by atoms with Crippen molar-refractivity contribution < 1.29 is 0 Å². The summed E-state index contributed by atoms with van der Waals surface area (Å²) >= 11 is 1.91. The van der Waals surface area contributed by atoms with E-state index >= 15 is 0 Å². The monoisotopic (exact) mass is 209 g/mol. The summed E-state index contributed by atoms with van der Waals surface area (Å²) < 4.78 is 0. The average Bonchev–Trinajstić information content (AvgIpc) is 2.19. The van der Waals surface area contributed by atoms with Crippen LogP contribution in [-0.4, -0.2) is 11.8 Å². The summed E-state index contributed by atoms with van der Waals surface area (Å²) in [5, 5.41) is 0. The number of benzene rings is 1. The SMILES string of the molecule is CC(N)C(C)CCSc1ccccc1. The quantitative estimate of drug-likeness (QED) is 0.754. The molecule has 2 atom stereocenters. The lowest BCUT2D eigenvalue weighted by molar-refractivity contribution is 0.473. The normalized spacial score (nSPS) is 15.1. The fourth-order valence-corrected chi connectivity index (χ4v) is 2.22. The molecule has 0 saturated carbocycles. The molecule has 0 saturated heterocycles. The molecule has 1 aromatic rings. The Hall–Kier alpha value is -0.470. The first-order valence-electron chi connectivity index (χ1n) is 5.13. The molecule has 0 amide bonds. The third-order valence-corrected chi connectivity index (χ3v) is 3.53. The molecule has 0 heterocycles. The predicted octanol–water partition coefficient (Wildman–Crippen LogP) is 3.15. The van der Waals surface area contributed by atoms with Crippen molar-refractivity contribution in [3.63, 3.8) is 0 Å². The molecule has 1 nitrogen and oxygen atoms in total. The fourth-order valence-electron chi connectivity index (χ4n) is 1.14. The highest BCUT2D eigenvalue weighted by atomic mass is 32.2. The maximum Gasteiger partial charge on any atom is 0.00719 e. The van der Waals surface area contributed by atoms with Crippen LogP contribution in [0.4, 0.5) is 0 Å². The van der Waals surface area contributed by atoms with Gasteiger partial charge in [0.05, 0.1) is 0 Å². The molecule has 78 valence electrons. The molecule has 2 heteroatoms. The Morgan fingerprint density at radius 1 is 1.21 bits per heavy atom. The van der Waals surface area contributed by atoms with Gasteiger partial charge in [-0.15, -0.1) is 11.8 Å². The minimum Gasteiger partial charge on any atom is -0.328 e. The average molecular weight is 209 g/mol. The molecule has 0 aliphatic heterocycles. The van der Waals surface area contributed by atoms with Crippen LogP contribution in [0.25, 0.3) is 0 Å². The van der Waals surface area contributed by atoms with Gasteiger partial charge in [-0.2, -0.15) is 0 Å². The second kappa shape index (κ2) is 6.10. The van der Waals surface area contributed by atoms with E-state index in [-0.39, 0.29) is 0 Å². The zero-order valence-electron chi connectivity index (χ0n) is 8.94. The van der Waals surface area contributed by atoms with Crippen LogP contribution in [0.2, 0.25) is 0 Å². The Balaban J connectivity index is 2.22. The topological polar surface area (TPSA) is 26.0 Å². The Bertz CT molecular complexity index is 246. The van der Waals surface area contributed by atoms with Crippen LogP contribution in [0.15, 0.2) is 35.2 Å². The molecule has 0 aliphatic rings. The van der Waals surface area contributed by atoms with E-state index in [1.54, 1.807) is 0 Å². The van der Waals surface area contributed by atoms with Crippen molar-refractivity contribution in [2.24, 2.45) is 11.7 Å². The molecule has 2 N–H and O–H groups in total. The lowest BCUT2D eigenvalue weighted by Crippen LogP contribution is -2.24. The van der Waals surface area contributed by atoms with Crippen molar-refractivity contribution in [2.75, 3.05) is 5.75 Å². The highest BCUT2D eigenvalue weighted by Gasteiger charge is 2.06. The second-order valence-corrected chi connectivity index (χ2v) is 4.95. The molecule has 14 heavy (non-hydrogen) atoms. The second-order valence-electron chi connectivity index (χ2n) is 3.79. The van der Waals surface area contributed by atoms with Gasteiger partial charge in [-0.05, 0) is 37.1 Å². The van der Waals surface area contributed by atoms with Gasteiger partial charge < -0.3 is 5.73 Å². The molecular weight excluding hydrogens is 190 g/mol. The number of hydrogen-bond donors (Lipinski definition) is 1. The lowest BCUT2D eigenvalue weighted by Gasteiger charge is -2.14. The van der Waals surface area contributed by atoms with Crippen LogP contribution in [-0.2, 0) is 0 Å². The standard InChI is InChI=1S/C12H19NS/c1-10(11(2)13)8-9-14-12-6-4-3-5-7-12/h3-7,10-11H,8-9,13H2,1-2H3. The Morgan fingerprint density at radius 3 is 2.43 bits per heavy atom. The molecule has 2 unspecified atom stereocenters. The van der Waals surface area contributed by atoms with E-state index < -0.39 is 0 Å². The molecule has 0 bridgehead atoms. The largest absolute Gasteiger partial charge is 0.328 e. The van der Waals surface area contributed by atoms with Gasteiger partial charge in [0.2, 0.25) is 0 Å². The van der Waals surface area contributed by atoms with E-state index in [4.69, 9.17) is 5.73 Å². The van der Waals surface area contributed by atoms with E-state index in [1.807, 2.05) is 11.8 Å². The zero-order valence-corrected chi connectivity index (χ0v) is 9.76. The van der Waals surface area contributed by atoms with Crippen LogP contribution in [0.1, 0.15) is 20.3 Å².